The first kappa shape index (κ1) is 16.7. The molecule has 0 saturated carbocycles. The molecule has 1 rings (SSSR count). The molecule has 0 aliphatic rings. The third-order valence-electron chi connectivity index (χ3n) is 3.36. The van der Waals surface area contributed by atoms with E-state index in [2.05, 4.69) is 4.72 Å². The van der Waals surface area contributed by atoms with Crippen LogP contribution in [0.5, 0.6) is 5.75 Å². The zero-order valence-corrected chi connectivity index (χ0v) is 13.4. The van der Waals surface area contributed by atoms with Gasteiger partial charge in [0.15, 0.2) is 0 Å². The summed E-state index contributed by atoms with van der Waals surface area (Å²) in [5, 5.41) is 0. The average Bonchev–Trinajstić information content (AvgIpc) is 2.37. The molecular formula is C13H23N3O3S. The standard InChI is InChI=1S/C13H23N3O3S/c1-13(2,16(4)5)9-19-12-8-10(6-7-11(12)14)20(17,18)15-3/h6-8,15H,9,14H2,1-5H3. The Morgan fingerprint density at radius 3 is 2.45 bits per heavy atom. The minimum atomic E-state index is -3.50. The lowest BCUT2D eigenvalue weighted by Crippen LogP contribution is -2.43. The number of benzene rings is 1. The number of nitrogens with two attached hydrogens (primary N) is 1. The normalized spacial score (nSPS) is 12.7. The van der Waals surface area contributed by atoms with Crippen LogP contribution in [0.2, 0.25) is 0 Å². The Morgan fingerprint density at radius 2 is 1.95 bits per heavy atom. The van der Waals surface area contributed by atoms with E-state index in [1.165, 1.54) is 25.2 Å². The van der Waals surface area contributed by atoms with Gasteiger partial charge in [-0.25, -0.2) is 13.1 Å². The van der Waals surface area contributed by atoms with Gasteiger partial charge in [0.1, 0.15) is 12.4 Å². The summed E-state index contributed by atoms with van der Waals surface area (Å²) in [5.41, 5.74) is 6.05. The van der Waals surface area contributed by atoms with E-state index in [0.29, 0.717) is 18.0 Å². The van der Waals surface area contributed by atoms with Gasteiger partial charge in [0.05, 0.1) is 10.6 Å². The van der Waals surface area contributed by atoms with Gasteiger partial charge in [-0.3, -0.25) is 0 Å². The van der Waals surface area contributed by atoms with Gasteiger partial charge in [0.2, 0.25) is 10.0 Å². The zero-order chi connectivity index (χ0) is 15.6. The van der Waals surface area contributed by atoms with Crippen molar-refractivity contribution < 1.29 is 13.2 Å². The van der Waals surface area contributed by atoms with Crippen LogP contribution >= 0.6 is 0 Å². The van der Waals surface area contributed by atoms with Crippen LogP contribution in [0.1, 0.15) is 13.8 Å². The molecule has 3 N–H and O–H groups in total. The number of nitrogen functional groups attached to an aromatic ring is 1. The minimum Gasteiger partial charge on any atom is -0.489 e. The molecule has 6 nitrogen and oxygen atoms in total. The molecule has 1 aromatic rings. The highest BCUT2D eigenvalue weighted by molar-refractivity contribution is 7.89. The second-order valence-electron chi connectivity index (χ2n) is 5.40. The van der Waals surface area contributed by atoms with Crippen LogP contribution in [0, 0.1) is 0 Å². The van der Waals surface area contributed by atoms with Crippen LogP contribution in [0.15, 0.2) is 23.1 Å². The van der Waals surface area contributed by atoms with E-state index in [9.17, 15) is 8.42 Å². The van der Waals surface area contributed by atoms with Crippen molar-refractivity contribution in [1.29, 1.82) is 0 Å². The van der Waals surface area contributed by atoms with Crippen molar-refractivity contribution in [3.05, 3.63) is 18.2 Å². The lowest BCUT2D eigenvalue weighted by Gasteiger charge is -2.32. The van der Waals surface area contributed by atoms with E-state index in [0.717, 1.165) is 0 Å². The predicted octanol–water partition coefficient (Wildman–Crippen LogP) is 0.896. The highest BCUT2D eigenvalue weighted by atomic mass is 32.2. The second-order valence-corrected chi connectivity index (χ2v) is 7.29. The van der Waals surface area contributed by atoms with E-state index < -0.39 is 10.0 Å². The first-order valence-electron chi connectivity index (χ1n) is 6.23. The monoisotopic (exact) mass is 301 g/mol. The van der Waals surface area contributed by atoms with Gasteiger partial charge in [-0.1, -0.05) is 0 Å². The molecule has 0 spiro atoms. The first-order valence-corrected chi connectivity index (χ1v) is 7.72. The molecule has 0 heterocycles. The van der Waals surface area contributed by atoms with Gasteiger partial charge in [-0.15, -0.1) is 0 Å². The number of rotatable bonds is 6. The smallest absolute Gasteiger partial charge is 0.240 e. The lowest BCUT2D eigenvalue weighted by atomic mass is 10.1. The quantitative estimate of drug-likeness (QED) is 0.763. The Morgan fingerprint density at radius 1 is 1.35 bits per heavy atom. The third kappa shape index (κ3) is 3.84. The second kappa shape index (κ2) is 5.99. The summed E-state index contributed by atoms with van der Waals surface area (Å²) < 4.78 is 31.5. The Bertz CT molecular complexity index is 568. The number of ether oxygens (including phenoxy) is 1. The maximum Gasteiger partial charge on any atom is 0.240 e. The summed E-state index contributed by atoms with van der Waals surface area (Å²) in [5.74, 6) is 0.372. The molecule has 0 aliphatic heterocycles. The van der Waals surface area contributed by atoms with Gasteiger partial charge in [-0.05, 0) is 47.1 Å². The van der Waals surface area contributed by atoms with Crippen molar-refractivity contribution in [2.75, 3.05) is 33.5 Å². The molecule has 20 heavy (non-hydrogen) atoms. The number of hydrogen-bond donors (Lipinski definition) is 2. The molecule has 0 bridgehead atoms. The van der Waals surface area contributed by atoms with E-state index in [1.54, 1.807) is 0 Å². The van der Waals surface area contributed by atoms with Crippen molar-refractivity contribution in [3.8, 4) is 5.75 Å². The number of anilines is 1. The van der Waals surface area contributed by atoms with Crippen molar-refractivity contribution >= 4 is 15.7 Å². The number of nitrogens with one attached hydrogen (secondary N) is 1. The summed E-state index contributed by atoms with van der Waals surface area (Å²) in [6.45, 7) is 4.45. The van der Waals surface area contributed by atoms with Crippen LogP contribution in [-0.4, -0.2) is 46.6 Å². The Kier molecular flexibility index (Phi) is 5.01. The van der Waals surface area contributed by atoms with Crippen LogP contribution in [0.25, 0.3) is 0 Å². The lowest BCUT2D eigenvalue weighted by molar-refractivity contribution is 0.114. The molecule has 0 aliphatic carbocycles. The van der Waals surface area contributed by atoms with Gasteiger partial charge >= 0.3 is 0 Å². The molecular weight excluding hydrogens is 278 g/mol. The third-order valence-corrected chi connectivity index (χ3v) is 4.77. The van der Waals surface area contributed by atoms with Crippen LogP contribution in [0.3, 0.4) is 0 Å². The van der Waals surface area contributed by atoms with Gasteiger partial charge in [0, 0.05) is 11.6 Å². The molecule has 0 atom stereocenters. The summed E-state index contributed by atoms with van der Waals surface area (Å²) in [6.07, 6.45) is 0. The maximum atomic E-state index is 11.8. The fourth-order valence-corrected chi connectivity index (χ4v) is 2.05. The minimum absolute atomic E-state index is 0.131. The largest absolute Gasteiger partial charge is 0.489 e. The average molecular weight is 301 g/mol. The van der Waals surface area contributed by atoms with Crippen molar-refractivity contribution in [2.24, 2.45) is 0 Å². The van der Waals surface area contributed by atoms with Gasteiger partial charge in [0.25, 0.3) is 0 Å². The highest BCUT2D eigenvalue weighted by Gasteiger charge is 2.22. The number of nitrogens with zero attached hydrogens (tertiary/aromatic N) is 1. The number of hydrogen-bond acceptors (Lipinski definition) is 5. The van der Waals surface area contributed by atoms with E-state index in [1.807, 2.05) is 32.8 Å². The molecule has 0 saturated heterocycles. The summed E-state index contributed by atoms with van der Waals surface area (Å²) in [7, 11) is 1.76. The summed E-state index contributed by atoms with van der Waals surface area (Å²) >= 11 is 0. The maximum absolute atomic E-state index is 11.8. The fraction of sp³-hybridized carbons (Fsp3) is 0.538. The van der Waals surface area contributed by atoms with E-state index >= 15 is 0 Å². The Hall–Kier alpha value is -1.31. The van der Waals surface area contributed by atoms with E-state index in [-0.39, 0.29) is 10.4 Å². The van der Waals surface area contributed by atoms with Crippen molar-refractivity contribution in [2.45, 2.75) is 24.3 Å². The molecule has 7 heteroatoms. The summed E-state index contributed by atoms with van der Waals surface area (Å²) in [4.78, 5) is 2.16. The van der Waals surface area contributed by atoms with Gasteiger partial charge in [-0.2, -0.15) is 0 Å². The van der Waals surface area contributed by atoms with E-state index in [4.69, 9.17) is 10.5 Å². The van der Waals surface area contributed by atoms with Crippen molar-refractivity contribution in [3.63, 3.8) is 0 Å². The summed E-state index contributed by atoms with van der Waals surface area (Å²) in [6, 6.07) is 4.42. The highest BCUT2D eigenvalue weighted by Crippen LogP contribution is 2.26. The molecule has 114 valence electrons. The molecule has 0 amide bonds. The SMILES string of the molecule is CNS(=O)(=O)c1ccc(N)c(OCC(C)(C)N(C)C)c1. The molecule has 0 radical (unpaired) electrons. The molecule has 0 fully saturated rings. The zero-order valence-electron chi connectivity index (χ0n) is 12.6. The molecule has 1 aromatic carbocycles. The van der Waals surface area contributed by atoms with Gasteiger partial charge < -0.3 is 15.4 Å². The molecule has 0 aromatic heterocycles. The Labute approximate surface area is 121 Å². The number of likely N-dealkylation sites (N-methyl/N-ethyl adjacent to an activating group) is 1. The van der Waals surface area contributed by atoms with Crippen LogP contribution < -0.4 is 15.2 Å². The fourth-order valence-electron chi connectivity index (χ4n) is 1.31. The Balaban J connectivity index is 3.00. The molecule has 0 unspecified atom stereocenters. The number of sulfonamides is 1. The van der Waals surface area contributed by atoms with Crippen molar-refractivity contribution in [1.82, 2.24) is 9.62 Å². The van der Waals surface area contributed by atoms with Crippen LogP contribution in [0.4, 0.5) is 5.69 Å². The van der Waals surface area contributed by atoms with Crippen LogP contribution in [-0.2, 0) is 10.0 Å². The first-order chi connectivity index (χ1) is 9.10. The predicted molar refractivity (Wildman–Crippen MR) is 80.4 cm³/mol. The topological polar surface area (TPSA) is 84.7 Å².